The van der Waals surface area contributed by atoms with E-state index in [0.717, 1.165) is 6.42 Å². The fourth-order valence-corrected chi connectivity index (χ4v) is 3.19. The molecule has 2 unspecified atom stereocenters. The van der Waals surface area contributed by atoms with Crippen LogP contribution in [0.3, 0.4) is 0 Å². The van der Waals surface area contributed by atoms with Gasteiger partial charge in [0.2, 0.25) is 10.0 Å². The SMILES string of the molecule is CCC(C)C(C)NS(=O)(=O)c1ccc(N)cc1OC. The summed E-state index contributed by atoms with van der Waals surface area (Å²) in [6.07, 6.45) is 0.905. The van der Waals surface area contributed by atoms with Crippen molar-refractivity contribution in [3.63, 3.8) is 0 Å². The summed E-state index contributed by atoms with van der Waals surface area (Å²) in [5, 5.41) is 0. The lowest BCUT2D eigenvalue weighted by atomic mass is 10.0. The molecule has 0 saturated carbocycles. The molecule has 0 bridgehead atoms. The van der Waals surface area contributed by atoms with Gasteiger partial charge in [0.1, 0.15) is 10.6 Å². The van der Waals surface area contributed by atoms with E-state index in [1.165, 1.54) is 19.2 Å². The van der Waals surface area contributed by atoms with Crippen molar-refractivity contribution in [1.82, 2.24) is 4.72 Å². The Morgan fingerprint density at radius 2 is 2.00 bits per heavy atom. The molecule has 0 aliphatic heterocycles. The second-order valence-electron chi connectivity index (χ2n) is 4.71. The van der Waals surface area contributed by atoms with Gasteiger partial charge in [0, 0.05) is 17.8 Å². The van der Waals surface area contributed by atoms with Gasteiger partial charge in [0.05, 0.1) is 7.11 Å². The average molecular weight is 286 g/mol. The van der Waals surface area contributed by atoms with Crippen LogP contribution in [0.5, 0.6) is 5.75 Å². The second-order valence-corrected chi connectivity index (χ2v) is 6.39. The monoisotopic (exact) mass is 286 g/mol. The highest BCUT2D eigenvalue weighted by atomic mass is 32.2. The molecule has 1 aromatic carbocycles. The van der Waals surface area contributed by atoms with E-state index in [9.17, 15) is 8.42 Å². The zero-order valence-electron chi connectivity index (χ0n) is 11.8. The first-order chi connectivity index (χ1) is 8.81. The zero-order valence-corrected chi connectivity index (χ0v) is 12.6. The summed E-state index contributed by atoms with van der Waals surface area (Å²) in [6.45, 7) is 5.89. The highest BCUT2D eigenvalue weighted by Crippen LogP contribution is 2.26. The molecule has 108 valence electrons. The normalized spacial score (nSPS) is 14.9. The number of ether oxygens (including phenoxy) is 1. The van der Waals surface area contributed by atoms with Gasteiger partial charge in [-0.2, -0.15) is 0 Å². The summed E-state index contributed by atoms with van der Waals surface area (Å²) in [5.41, 5.74) is 6.09. The molecular formula is C13H22N2O3S. The van der Waals surface area contributed by atoms with E-state index in [0.29, 0.717) is 5.69 Å². The minimum Gasteiger partial charge on any atom is -0.495 e. The molecule has 0 aliphatic carbocycles. The van der Waals surface area contributed by atoms with Gasteiger partial charge < -0.3 is 10.5 Å². The highest BCUT2D eigenvalue weighted by Gasteiger charge is 2.23. The number of hydrogen-bond donors (Lipinski definition) is 2. The van der Waals surface area contributed by atoms with Gasteiger partial charge >= 0.3 is 0 Å². The third-order valence-electron chi connectivity index (χ3n) is 3.32. The standard InChI is InChI=1S/C13H22N2O3S/c1-5-9(2)10(3)15-19(16,17)13-7-6-11(14)8-12(13)18-4/h6-10,15H,5,14H2,1-4H3. The van der Waals surface area contributed by atoms with Crippen molar-refractivity contribution < 1.29 is 13.2 Å². The first-order valence-electron chi connectivity index (χ1n) is 6.27. The quantitative estimate of drug-likeness (QED) is 0.784. The number of nitrogen functional groups attached to an aromatic ring is 1. The number of nitrogens with two attached hydrogens (primary N) is 1. The van der Waals surface area contributed by atoms with Crippen molar-refractivity contribution in [2.24, 2.45) is 5.92 Å². The number of benzene rings is 1. The van der Waals surface area contributed by atoms with Crippen LogP contribution < -0.4 is 15.2 Å². The predicted octanol–water partition coefficient (Wildman–Crippen LogP) is 1.99. The fraction of sp³-hybridized carbons (Fsp3) is 0.538. The van der Waals surface area contributed by atoms with Crippen molar-refractivity contribution in [2.75, 3.05) is 12.8 Å². The molecule has 0 amide bonds. The van der Waals surface area contributed by atoms with Gasteiger partial charge in [0.15, 0.2) is 0 Å². The van der Waals surface area contributed by atoms with E-state index in [1.807, 2.05) is 20.8 Å². The van der Waals surface area contributed by atoms with Crippen LogP contribution in [-0.4, -0.2) is 21.6 Å². The van der Waals surface area contributed by atoms with Crippen LogP contribution in [0, 0.1) is 5.92 Å². The van der Waals surface area contributed by atoms with Gasteiger partial charge in [-0.15, -0.1) is 0 Å². The molecule has 0 aliphatic rings. The smallest absolute Gasteiger partial charge is 0.244 e. The van der Waals surface area contributed by atoms with Crippen molar-refractivity contribution in [2.45, 2.75) is 38.1 Å². The molecule has 6 heteroatoms. The molecule has 1 rings (SSSR count). The fourth-order valence-electron chi connectivity index (χ4n) is 1.68. The molecule has 0 fully saturated rings. The summed E-state index contributed by atoms with van der Waals surface area (Å²) in [5.74, 6) is 0.512. The largest absolute Gasteiger partial charge is 0.495 e. The average Bonchev–Trinajstić information content (AvgIpc) is 2.36. The van der Waals surface area contributed by atoms with E-state index in [4.69, 9.17) is 10.5 Å². The van der Waals surface area contributed by atoms with Crippen LogP contribution in [0.15, 0.2) is 23.1 Å². The summed E-state index contributed by atoms with van der Waals surface area (Å²) in [7, 11) is -2.18. The number of sulfonamides is 1. The number of methoxy groups -OCH3 is 1. The molecule has 1 aromatic rings. The van der Waals surface area contributed by atoms with Gasteiger partial charge in [-0.05, 0) is 25.0 Å². The third kappa shape index (κ3) is 3.84. The van der Waals surface area contributed by atoms with Crippen LogP contribution >= 0.6 is 0 Å². The molecule has 5 nitrogen and oxygen atoms in total. The van der Waals surface area contributed by atoms with Crippen LogP contribution in [0.1, 0.15) is 27.2 Å². The number of hydrogen-bond acceptors (Lipinski definition) is 4. The molecule has 0 heterocycles. The first-order valence-corrected chi connectivity index (χ1v) is 7.76. The molecule has 0 saturated heterocycles. The van der Waals surface area contributed by atoms with Crippen LogP contribution in [-0.2, 0) is 10.0 Å². The molecule has 3 N–H and O–H groups in total. The van der Waals surface area contributed by atoms with Crippen molar-refractivity contribution >= 4 is 15.7 Å². The maximum absolute atomic E-state index is 12.3. The lowest BCUT2D eigenvalue weighted by molar-refractivity contribution is 0.400. The Hall–Kier alpha value is -1.27. The first kappa shape index (κ1) is 15.8. The predicted molar refractivity (Wildman–Crippen MR) is 76.6 cm³/mol. The van der Waals surface area contributed by atoms with Gasteiger partial charge in [-0.3, -0.25) is 0 Å². The molecule has 0 radical (unpaired) electrons. The van der Waals surface area contributed by atoms with Gasteiger partial charge in [0.25, 0.3) is 0 Å². The van der Waals surface area contributed by atoms with Crippen LogP contribution in [0.4, 0.5) is 5.69 Å². The number of nitrogens with one attached hydrogen (secondary N) is 1. The maximum Gasteiger partial charge on any atom is 0.244 e. The van der Waals surface area contributed by atoms with E-state index in [1.54, 1.807) is 6.07 Å². The second kappa shape index (κ2) is 6.25. The highest BCUT2D eigenvalue weighted by molar-refractivity contribution is 7.89. The van der Waals surface area contributed by atoms with E-state index >= 15 is 0 Å². The summed E-state index contributed by atoms with van der Waals surface area (Å²) in [4.78, 5) is 0.111. The van der Waals surface area contributed by atoms with Gasteiger partial charge in [-0.25, -0.2) is 13.1 Å². The summed E-state index contributed by atoms with van der Waals surface area (Å²) in [6, 6.07) is 4.37. The van der Waals surface area contributed by atoms with Crippen LogP contribution in [0.2, 0.25) is 0 Å². The minimum absolute atomic E-state index is 0.111. The van der Waals surface area contributed by atoms with Crippen LogP contribution in [0.25, 0.3) is 0 Å². The molecular weight excluding hydrogens is 264 g/mol. The Bertz CT molecular complexity index is 529. The van der Waals surface area contributed by atoms with Crippen molar-refractivity contribution in [3.05, 3.63) is 18.2 Å². The van der Waals surface area contributed by atoms with Crippen molar-refractivity contribution in [3.8, 4) is 5.75 Å². The zero-order chi connectivity index (χ0) is 14.6. The number of anilines is 1. The molecule has 0 spiro atoms. The molecule has 0 aromatic heterocycles. The van der Waals surface area contributed by atoms with Gasteiger partial charge in [-0.1, -0.05) is 20.3 Å². The lowest BCUT2D eigenvalue weighted by Gasteiger charge is -2.20. The van der Waals surface area contributed by atoms with E-state index in [2.05, 4.69) is 4.72 Å². The minimum atomic E-state index is -3.60. The van der Waals surface area contributed by atoms with E-state index < -0.39 is 10.0 Å². The third-order valence-corrected chi connectivity index (χ3v) is 4.91. The molecule has 19 heavy (non-hydrogen) atoms. The Kier molecular flexibility index (Phi) is 5.20. The summed E-state index contributed by atoms with van der Waals surface area (Å²) < 4.78 is 32.4. The Morgan fingerprint density at radius 1 is 1.37 bits per heavy atom. The lowest BCUT2D eigenvalue weighted by Crippen LogP contribution is -2.37. The maximum atomic E-state index is 12.3. The summed E-state index contributed by atoms with van der Waals surface area (Å²) >= 11 is 0. The van der Waals surface area contributed by atoms with E-state index in [-0.39, 0.29) is 22.6 Å². The van der Waals surface area contributed by atoms with Crippen molar-refractivity contribution in [1.29, 1.82) is 0 Å². The number of rotatable bonds is 6. The Labute approximate surface area is 115 Å². The molecule has 2 atom stereocenters. The Balaban J connectivity index is 3.07. The Morgan fingerprint density at radius 3 is 2.53 bits per heavy atom. The topological polar surface area (TPSA) is 81.4 Å².